The molecule has 0 atom stereocenters. The minimum atomic E-state index is -1.09. The summed E-state index contributed by atoms with van der Waals surface area (Å²) in [6.07, 6.45) is 1.06. The van der Waals surface area contributed by atoms with Crippen LogP contribution < -0.4 is 4.74 Å². The fraction of sp³-hybridized carbons (Fsp3) is 0.0938. The third kappa shape index (κ3) is 4.16. The van der Waals surface area contributed by atoms with Crippen molar-refractivity contribution in [2.75, 3.05) is 0 Å². The van der Waals surface area contributed by atoms with Crippen LogP contribution in [0.15, 0.2) is 109 Å². The van der Waals surface area contributed by atoms with E-state index in [4.69, 9.17) is 4.74 Å². The zero-order valence-corrected chi connectivity index (χ0v) is 20.5. The van der Waals surface area contributed by atoms with Crippen molar-refractivity contribution in [1.82, 2.24) is 9.88 Å². The number of aromatic nitrogens is 1. The number of hydrogen-bond donors (Lipinski definition) is 1. The van der Waals surface area contributed by atoms with Gasteiger partial charge in [-0.1, -0.05) is 97.1 Å². The second kappa shape index (κ2) is 9.82. The summed E-state index contributed by atoms with van der Waals surface area (Å²) in [7, 11) is 0. The Hall–Kier alpha value is -4.97. The first-order chi connectivity index (χ1) is 18.6. The summed E-state index contributed by atoms with van der Waals surface area (Å²) in [4.78, 5) is 32.6. The van der Waals surface area contributed by atoms with Crippen molar-refractivity contribution in [1.29, 1.82) is 0 Å². The van der Waals surface area contributed by atoms with Gasteiger partial charge >= 0.3 is 5.97 Å². The van der Waals surface area contributed by atoms with E-state index in [1.54, 1.807) is 23.2 Å². The highest BCUT2D eigenvalue weighted by molar-refractivity contribution is 6.14. The molecule has 0 saturated carbocycles. The van der Waals surface area contributed by atoms with Crippen LogP contribution in [0, 0.1) is 0 Å². The number of hydrogen-bond acceptors (Lipinski definition) is 4. The topological polar surface area (TPSA) is 79.7 Å². The summed E-state index contributed by atoms with van der Waals surface area (Å²) < 4.78 is 6.74. The summed E-state index contributed by atoms with van der Waals surface area (Å²) >= 11 is 0. The Morgan fingerprint density at radius 3 is 2.08 bits per heavy atom. The molecule has 38 heavy (non-hydrogen) atoms. The summed E-state index contributed by atoms with van der Waals surface area (Å²) in [6.45, 7) is 0.532. The van der Waals surface area contributed by atoms with Gasteiger partial charge in [0.1, 0.15) is 11.6 Å². The van der Waals surface area contributed by atoms with Gasteiger partial charge in [-0.05, 0) is 22.8 Å². The normalized spacial score (nSPS) is 12.7. The van der Waals surface area contributed by atoms with Crippen molar-refractivity contribution in [2.45, 2.75) is 19.2 Å². The predicted octanol–water partition coefficient (Wildman–Crippen LogP) is 6.26. The molecule has 1 N–H and O–H groups in total. The summed E-state index contributed by atoms with van der Waals surface area (Å²) in [6, 6.07) is 32.6. The zero-order valence-electron chi connectivity index (χ0n) is 20.5. The van der Waals surface area contributed by atoms with Crippen LogP contribution in [0.2, 0.25) is 0 Å². The minimum absolute atomic E-state index is 0.0929. The van der Waals surface area contributed by atoms with Crippen molar-refractivity contribution in [3.8, 4) is 5.75 Å². The molecule has 1 aliphatic heterocycles. The molecule has 0 aliphatic carbocycles. The first-order valence-electron chi connectivity index (χ1n) is 12.4. The molecule has 0 unspecified atom stereocenters. The lowest BCUT2D eigenvalue weighted by atomic mass is 9.96. The van der Waals surface area contributed by atoms with Gasteiger partial charge in [-0.2, -0.15) is 0 Å². The van der Waals surface area contributed by atoms with Crippen LogP contribution in [0.4, 0.5) is 0 Å². The number of ether oxygens (including phenoxy) is 1. The fourth-order valence-electron chi connectivity index (χ4n) is 5.13. The highest BCUT2D eigenvalue weighted by atomic mass is 16.5. The molecule has 0 radical (unpaired) electrons. The Kier molecular flexibility index (Phi) is 6.06. The number of carboxylic acid groups (broad SMARTS) is 1. The number of carboxylic acids is 1. The molecule has 0 fully saturated rings. The van der Waals surface area contributed by atoms with Gasteiger partial charge in [0.05, 0.1) is 11.1 Å². The van der Waals surface area contributed by atoms with Gasteiger partial charge in [0, 0.05) is 30.2 Å². The van der Waals surface area contributed by atoms with Crippen LogP contribution in [0.5, 0.6) is 5.75 Å². The van der Waals surface area contributed by atoms with Gasteiger partial charge in [0.25, 0.3) is 5.91 Å². The van der Waals surface area contributed by atoms with Gasteiger partial charge in [-0.3, -0.25) is 9.78 Å². The zero-order chi connectivity index (χ0) is 26.1. The van der Waals surface area contributed by atoms with E-state index in [1.807, 2.05) is 91.0 Å². The molecule has 0 spiro atoms. The lowest BCUT2D eigenvalue weighted by Gasteiger charge is -2.23. The number of benzene rings is 4. The van der Waals surface area contributed by atoms with E-state index in [2.05, 4.69) is 4.98 Å². The Morgan fingerprint density at radius 1 is 0.868 bits per heavy atom. The number of nitrogens with zero attached hydrogens (tertiary/aromatic N) is 2. The molecule has 186 valence electrons. The van der Waals surface area contributed by atoms with Gasteiger partial charge in [0.2, 0.25) is 0 Å². The Bertz CT molecular complexity index is 1600. The number of carbonyl (C=O) groups is 2. The van der Waals surface area contributed by atoms with Crippen LogP contribution in [0.25, 0.3) is 10.9 Å². The van der Waals surface area contributed by atoms with Crippen LogP contribution in [-0.4, -0.2) is 26.9 Å². The lowest BCUT2D eigenvalue weighted by Crippen LogP contribution is -2.23. The highest BCUT2D eigenvalue weighted by Crippen LogP contribution is 2.43. The quantitative estimate of drug-likeness (QED) is 0.285. The van der Waals surface area contributed by atoms with Gasteiger partial charge < -0.3 is 14.7 Å². The molecule has 6 rings (SSSR count). The van der Waals surface area contributed by atoms with Crippen molar-refractivity contribution in [3.63, 3.8) is 0 Å². The Balaban J connectivity index is 1.54. The molecule has 2 heterocycles. The van der Waals surface area contributed by atoms with Crippen LogP contribution >= 0.6 is 0 Å². The number of aromatic carboxylic acids is 1. The molecule has 0 bridgehead atoms. The average molecular weight is 501 g/mol. The van der Waals surface area contributed by atoms with E-state index in [1.165, 1.54) is 0 Å². The maximum absolute atomic E-state index is 13.9. The third-order valence-corrected chi connectivity index (χ3v) is 6.84. The number of amides is 1. The molecule has 0 saturated heterocycles. The molecule has 6 nitrogen and oxygen atoms in total. The molecular formula is C32H24N2O4. The standard InChI is InChI=1S/C32H24N2O4/c35-31-27-25(20-34(31)19-21-11-4-1-5-12-21)26(32(36)37)24-17-10-18-33-28(24)30(27)38-29(22-13-6-2-7-14-22)23-15-8-3-9-16-23/h1-18,29H,19-20H2,(H,36,37). The molecule has 6 heteroatoms. The summed E-state index contributed by atoms with van der Waals surface area (Å²) in [5.41, 5.74) is 3.94. The average Bonchev–Trinajstić information content (AvgIpc) is 3.27. The smallest absolute Gasteiger partial charge is 0.336 e. The predicted molar refractivity (Wildman–Crippen MR) is 144 cm³/mol. The SMILES string of the molecule is O=C(O)c1c2c(c(OC(c3ccccc3)c3ccccc3)c3ncccc13)C(=O)N(Cc1ccccc1)C2. The lowest BCUT2D eigenvalue weighted by molar-refractivity contribution is 0.0693. The maximum Gasteiger partial charge on any atom is 0.336 e. The highest BCUT2D eigenvalue weighted by Gasteiger charge is 2.38. The van der Waals surface area contributed by atoms with Gasteiger partial charge in [-0.25, -0.2) is 4.79 Å². The Morgan fingerprint density at radius 2 is 1.47 bits per heavy atom. The van der Waals surface area contributed by atoms with E-state index < -0.39 is 12.1 Å². The van der Waals surface area contributed by atoms with Crippen molar-refractivity contribution >= 4 is 22.8 Å². The largest absolute Gasteiger partial charge is 0.478 e. The molecule has 5 aromatic rings. The van der Waals surface area contributed by atoms with E-state index in [0.29, 0.717) is 28.8 Å². The number of rotatable bonds is 7. The monoisotopic (exact) mass is 500 g/mol. The molecular weight excluding hydrogens is 476 g/mol. The second-order valence-corrected chi connectivity index (χ2v) is 9.23. The summed E-state index contributed by atoms with van der Waals surface area (Å²) in [5, 5.41) is 10.7. The summed E-state index contributed by atoms with van der Waals surface area (Å²) in [5.74, 6) is -1.06. The van der Waals surface area contributed by atoms with Crippen LogP contribution in [0.1, 0.15) is 49.1 Å². The molecule has 1 aliphatic rings. The van der Waals surface area contributed by atoms with Crippen LogP contribution in [0.3, 0.4) is 0 Å². The van der Waals surface area contributed by atoms with Gasteiger partial charge in [0.15, 0.2) is 5.75 Å². The molecule has 1 amide bonds. The van der Waals surface area contributed by atoms with Crippen molar-refractivity contribution < 1.29 is 19.4 Å². The first-order valence-corrected chi connectivity index (χ1v) is 12.4. The molecule has 4 aromatic carbocycles. The minimum Gasteiger partial charge on any atom is -0.478 e. The Labute approximate surface area is 219 Å². The van der Waals surface area contributed by atoms with E-state index in [0.717, 1.165) is 16.7 Å². The third-order valence-electron chi connectivity index (χ3n) is 6.84. The number of fused-ring (bicyclic) bond motifs is 2. The molecule has 1 aromatic heterocycles. The fourth-order valence-corrected chi connectivity index (χ4v) is 5.13. The first kappa shape index (κ1) is 23.4. The van der Waals surface area contributed by atoms with E-state index >= 15 is 0 Å². The van der Waals surface area contributed by atoms with Gasteiger partial charge in [-0.15, -0.1) is 0 Å². The second-order valence-electron chi connectivity index (χ2n) is 9.23. The van der Waals surface area contributed by atoms with Crippen molar-refractivity contribution in [2.24, 2.45) is 0 Å². The maximum atomic E-state index is 13.9. The number of carbonyl (C=O) groups excluding carboxylic acids is 1. The van der Waals surface area contributed by atoms with Crippen molar-refractivity contribution in [3.05, 3.63) is 143 Å². The van der Waals surface area contributed by atoms with E-state index in [-0.39, 0.29) is 23.6 Å². The van der Waals surface area contributed by atoms with Crippen LogP contribution in [-0.2, 0) is 13.1 Å². The van der Waals surface area contributed by atoms with E-state index in [9.17, 15) is 14.7 Å². The number of pyridine rings is 1.